The average molecular weight is 363 g/mol. The van der Waals surface area contributed by atoms with Crippen LogP contribution in [0.4, 0.5) is 0 Å². The molecule has 3 rings (SSSR count). The maximum atomic E-state index is 12.1. The van der Waals surface area contributed by atoms with Crippen LogP contribution in [0.1, 0.15) is 20.2 Å². The van der Waals surface area contributed by atoms with Gasteiger partial charge in [-0.05, 0) is 37.6 Å². The molecule has 2 aromatic heterocycles. The molecule has 0 unspecified atom stereocenters. The lowest BCUT2D eigenvalue weighted by atomic mass is 10.2. The van der Waals surface area contributed by atoms with Crippen LogP contribution >= 0.6 is 34.3 Å². The topological polar surface area (TPSA) is 42.0 Å². The second-order valence-corrected chi connectivity index (χ2v) is 7.64. The van der Waals surface area contributed by atoms with Crippen LogP contribution in [0, 0.1) is 6.92 Å². The summed E-state index contributed by atoms with van der Waals surface area (Å²) < 4.78 is 0. The molecule has 2 heterocycles. The van der Waals surface area contributed by atoms with Crippen LogP contribution in [-0.4, -0.2) is 17.4 Å². The largest absolute Gasteiger partial charge is 0.352 e. The SMILES string of the molecule is Cc1nc(-c2ccc(CCNC(=O)c3ccccc3Cl)s2)cs1. The summed E-state index contributed by atoms with van der Waals surface area (Å²) >= 11 is 9.40. The molecule has 0 radical (unpaired) electrons. The van der Waals surface area contributed by atoms with E-state index in [0.29, 0.717) is 17.1 Å². The fourth-order valence-electron chi connectivity index (χ4n) is 2.17. The van der Waals surface area contributed by atoms with Crippen LogP contribution in [0.5, 0.6) is 0 Å². The molecule has 3 nitrogen and oxygen atoms in total. The zero-order valence-corrected chi connectivity index (χ0v) is 14.9. The molecule has 1 N–H and O–H groups in total. The van der Waals surface area contributed by atoms with Gasteiger partial charge in [-0.15, -0.1) is 22.7 Å². The maximum Gasteiger partial charge on any atom is 0.252 e. The normalized spacial score (nSPS) is 10.7. The van der Waals surface area contributed by atoms with Crippen molar-refractivity contribution in [2.45, 2.75) is 13.3 Å². The summed E-state index contributed by atoms with van der Waals surface area (Å²) in [7, 11) is 0. The van der Waals surface area contributed by atoms with Crippen LogP contribution < -0.4 is 5.32 Å². The number of thiophene rings is 1. The molecule has 23 heavy (non-hydrogen) atoms. The fourth-order valence-corrected chi connectivity index (χ4v) is 4.04. The van der Waals surface area contributed by atoms with Crippen LogP contribution in [-0.2, 0) is 6.42 Å². The summed E-state index contributed by atoms with van der Waals surface area (Å²) in [6, 6.07) is 11.2. The Kier molecular flexibility index (Phi) is 5.10. The van der Waals surface area contributed by atoms with Gasteiger partial charge < -0.3 is 5.32 Å². The number of carbonyl (C=O) groups is 1. The number of amides is 1. The predicted molar refractivity (Wildman–Crippen MR) is 97.7 cm³/mol. The summed E-state index contributed by atoms with van der Waals surface area (Å²) in [6.07, 6.45) is 0.796. The summed E-state index contributed by atoms with van der Waals surface area (Å²) in [5, 5.41) is 6.53. The van der Waals surface area contributed by atoms with E-state index in [4.69, 9.17) is 11.6 Å². The summed E-state index contributed by atoms with van der Waals surface area (Å²) in [4.78, 5) is 19.0. The Morgan fingerprint density at radius 1 is 1.26 bits per heavy atom. The second kappa shape index (κ2) is 7.25. The highest BCUT2D eigenvalue weighted by atomic mass is 35.5. The van der Waals surface area contributed by atoms with E-state index in [1.54, 1.807) is 34.8 Å². The number of aryl methyl sites for hydroxylation is 1. The van der Waals surface area contributed by atoms with Crippen molar-refractivity contribution in [3.8, 4) is 10.6 Å². The number of hydrogen-bond acceptors (Lipinski definition) is 4. The molecular weight excluding hydrogens is 348 g/mol. The van der Waals surface area contributed by atoms with Crippen molar-refractivity contribution < 1.29 is 4.79 Å². The van der Waals surface area contributed by atoms with E-state index in [1.807, 2.05) is 19.1 Å². The third-order valence-corrected chi connectivity index (χ3v) is 5.58. The quantitative estimate of drug-likeness (QED) is 0.707. The molecule has 3 aromatic rings. The molecule has 0 aliphatic rings. The lowest BCUT2D eigenvalue weighted by Crippen LogP contribution is -2.25. The number of carbonyl (C=O) groups excluding carboxylic acids is 1. The van der Waals surface area contributed by atoms with Crippen molar-refractivity contribution in [1.82, 2.24) is 10.3 Å². The first-order chi connectivity index (χ1) is 11.1. The van der Waals surface area contributed by atoms with Gasteiger partial charge in [0.15, 0.2) is 0 Å². The Bertz CT molecular complexity index is 825. The first-order valence-electron chi connectivity index (χ1n) is 7.17. The first kappa shape index (κ1) is 16.2. The zero-order chi connectivity index (χ0) is 16.2. The van der Waals surface area contributed by atoms with Gasteiger partial charge in [0.1, 0.15) is 0 Å². The van der Waals surface area contributed by atoms with Gasteiger partial charge >= 0.3 is 0 Å². The van der Waals surface area contributed by atoms with Crippen LogP contribution in [0.15, 0.2) is 41.8 Å². The smallest absolute Gasteiger partial charge is 0.252 e. The molecule has 0 saturated heterocycles. The van der Waals surface area contributed by atoms with E-state index in [1.165, 1.54) is 9.75 Å². The molecule has 0 aliphatic carbocycles. The monoisotopic (exact) mass is 362 g/mol. The number of hydrogen-bond donors (Lipinski definition) is 1. The van der Waals surface area contributed by atoms with E-state index in [0.717, 1.165) is 17.1 Å². The van der Waals surface area contributed by atoms with Gasteiger partial charge in [0, 0.05) is 16.8 Å². The lowest BCUT2D eigenvalue weighted by Gasteiger charge is -2.05. The van der Waals surface area contributed by atoms with Crippen molar-refractivity contribution in [2.75, 3.05) is 6.54 Å². The fraction of sp³-hybridized carbons (Fsp3) is 0.176. The Morgan fingerprint density at radius 3 is 2.83 bits per heavy atom. The lowest BCUT2D eigenvalue weighted by molar-refractivity contribution is 0.0954. The van der Waals surface area contributed by atoms with E-state index >= 15 is 0 Å². The average Bonchev–Trinajstić information content (AvgIpc) is 3.16. The number of aromatic nitrogens is 1. The van der Waals surface area contributed by atoms with Crippen molar-refractivity contribution in [3.05, 3.63) is 62.2 Å². The minimum absolute atomic E-state index is 0.137. The predicted octanol–water partition coefficient (Wildman–Crippen LogP) is 4.81. The van der Waals surface area contributed by atoms with Gasteiger partial charge in [0.05, 0.1) is 26.2 Å². The Balaban J connectivity index is 1.56. The van der Waals surface area contributed by atoms with E-state index < -0.39 is 0 Å². The minimum atomic E-state index is -0.137. The van der Waals surface area contributed by atoms with Gasteiger partial charge in [-0.2, -0.15) is 0 Å². The summed E-state index contributed by atoms with van der Waals surface area (Å²) in [5.41, 5.74) is 1.54. The molecule has 1 aromatic carbocycles. The highest BCUT2D eigenvalue weighted by Crippen LogP contribution is 2.29. The number of halogens is 1. The van der Waals surface area contributed by atoms with Gasteiger partial charge in [0.25, 0.3) is 5.91 Å². The third kappa shape index (κ3) is 3.99. The van der Waals surface area contributed by atoms with Crippen molar-refractivity contribution in [2.24, 2.45) is 0 Å². The Hall–Kier alpha value is -1.69. The molecule has 0 aliphatic heterocycles. The van der Waals surface area contributed by atoms with Crippen LogP contribution in [0.25, 0.3) is 10.6 Å². The molecule has 0 bridgehead atoms. The van der Waals surface area contributed by atoms with Crippen LogP contribution in [0.3, 0.4) is 0 Å². The van der Waals surface area contributed by atoms with Crippen molar-refractivity contribution in [1.29, 1.82) is 0 Å². The van der Waals surface area contributed by atoms with Gasteiger partial charge in [-0.25, -0.2) is 4.98 Å². The maximum absolute atomic E-state index is 12.1. The summed E-state index contributed by atoms with van der Waals surface area (Å²) in [6.45, 7) is 2.59. The van der Waals surface area contributed by atoms with E-state index in [2.05, 4.69) is 27.8 Å². The second-order valence-electron chi connectivity index (χ2n) is 5.00. The number of benzene rings is 1. The van der Waals surface area contributed by atoms with Gasteiger partial charge in [0.2, 0.25) is 0 Å². The molecule has 0 saturated carbocycles. The number of nitrogens with zero attached hydrogens (tertiary/aromatic N) is 1. The van der Waals surface area contributed by atoms with Gasteiger partial charge in [-0.1, -0.05) is 23.7 Å². The highest BCUT2D eigenvalue weighted by Gasteiger charge is 2.10. The molecule has 6 heteroatoms. The molecule has 1 amide bonds. The first-order valence-corrected chi connectivity index (χ1v) is 9.25. The van der Waals surface area contributed by atoms with Gasteiger partial charge in [-0.3, -0.25) is 4.79 Å². The minimum Gasteiger partial charge on any atom is -0.352 e. The molecule has 0 fully saturated rings. The standard InChI is InChI=1S/C17H15ClN2OS2/c1-11-20-15(10-22-11)16-7-6-12(23-16)8-9-19-17(21)13-4-2-3-5-14(13)18/h2-7,10H,8-9H2,1H3,(H,19,21). The molecule has 0 atom stereocenters. The third-order valence-electron chi connectivity index (χ3n) is 3.31. The van der Waals surface area contributed by atoms with Crippen molar-refractivity contribution >= 4 is 40.2 Å². The molecule has 0 spiro atoms. The summed E-state index contributed by atoms with van der Waals surface area (Å²) in [5.74, 6) is -0.137. The van der Waals surface area contributed by atoms with E-state index in [9.17, 15) is 4.79 Å². The highest BCUT2D eigenvalue weighted by molar-refractivity contribution is 7.16. The number of rotatable bonds is 5. The number of nitrogens with one attached hydrogen (secondary N) is 1. The Morgan fingerprint density at radius 2 is 2.09 bits per heavy atom. The number of thiazole rings is 1. The Labute approximate surface area is 148 Å². The van der Waals surface area contributed by atoms with Crippen LogP contribution in [0.2, 0.25) is 5.02 Å². The molecule has 118 valence electrons. The van der Waals surface area contributed by atoms with Crippen molar-refractivity contribution in [3.63, 3.8) is 0 Å². The van der Waals surface area contributed by atoms with E-state index in [-0.39, 0.29) is 5.91 Å². The molecular formula is C17H15ClN2OS2. The zero-order valence-electron chi connectivity index (χ0n) is 12.5.